The van der Waals surface area contributed by atoms with Crippen molar-refractivity contribution in [2.24, 2.45) is 11.8 Å². The number of rotatable bonds is 7. The van der Waals surface area contributed by atoms with Gasteiger partial charge in [-0.2, -0.15) is 0 Å². The molecule has 25 heavy (non-hydrogen) atoms. The van der Waals surface area contributed by atoms with E-state index in [-0.39, 0.29) is 11.9 Å². The highest BCUT2D eigenvalue weighted by atomic mass is 16.5. The molecule has 0 radical (unpaired) electrons. The summed E-state index contributed by atoms with van der Waals surface area (Å²) in [6.45, 7) is 12.0. The Morgan fingerprint density at radius 3 is 2.28 bits per heavy atom. The molecule has 1 amide bonds. The summed E-state index contributed by atoms with van der Waals surface area (Å²) < 4.78 is 5.02. The molecule has 0 aliphatic carbocycles. The van der Waals surface area contributed by atoms with E-state index in [1.807, 2.05) is 23.1 Å². The number of aromatic amines is 1. The molecule has 136 valence electrons. The number of aromatic nitrogens is 1. The van der Waals surface area contributed by atoms with Gasteiger partial charge in [-0.25, -0.2) is 4.79 Å². The lowest BCUT2D eigenvalue weighted by Crippen LogP contribution is -2.37. The molecule has 0 aliphatic heterocycles. The molecule has 1 N–H and O–H groups in total. The van der Waals surface area contributed by atoms with Gasteiger partial charge in [-0.3, -0.25) is 4.79 Å². The summed E-state index contributed by atoms with van der Waals surface area (Å²) in [5, 5.41) is 0.836. The Kier molecular flexibility index (Phi) is 6.23. The van der Waals surface area contributed by atoms with Gasteiger partial charge in [0.25, 0.3) is 5.91 Å². The predicted octanol–water partition coefficient (Wildman–Crippen LogP) is 4.10. The quantitative estimate of drug-likeness (QED) is 0.769. The second kappa shape index (κ2) is 8.19. The van der Waals surface area contributed by atoms with Crippen LogP contribution >= 0.6 is 0 Å². The van der Waals surface area contributed by atoms with Crippen LogP contribution in [0.5, 0.6) is 0 Å². The average Bonchev–Trinajstić information content (AvgIpc) is 2.96. The Morgan fingerprint density at radius 2 is 1.72 bits per heavy atom. The number of amides is 1. The van der Waals surface area contributed by atoms with Crippen molar-refractivity contribution >= 4 is 22.8 Å². The topological polar surface area (TPSA) is 62.4 Å². The van der Waals surface area contributed by atoms with E-state index in [9.17, 15) is 9.59 Å². The van der Waals surface area contributed by atoms with Gasteiger partial charge in [0.1, 0.15) is 5.69 Å². The summed E-state index contributed by atoms with van der Waals surface area (Å²) >= 11 is 0. The fourth-order valence-electron chi connectivity index (χ4n) is 2.89. The minimum atomic E-state index is -0.382. The molecule has 0 atom stereocenters. The van der Waals surface area contributed by atoms with Gasteiger partial charge in [-0.1, -0.05) is 27.7 Å². The van der Waals surface area contributed by atoms with Crippen LogP contribution in [-0.2, 0) is 4.74 Å². The monoisotopic (exact) mass is 344 g/mol. The normalized spacial score (nSPS) is 11.3. The second-order valence-electron chi connectivity index (χ2n) is 7.20. The van der Waals surface area contributed by atoms with Crippen LogP contribution < -0.4 is 0 Å². The number of carbonyl (C=O) groups is 2. The smallest absolute Gasteiger partial charge is 0.354 e. The molecule has 0 spiro atoms. The van der Waals surface area contributed by atoms with Gasteiger partial charge in [0.15, 0.2) is 0 Å². The lowest BCUT2D eigenvalue weighted by atomic mass is 10.1. The van der Waals surface area contributed by atoms with Crippen LogP contribution in [-0.4, -0.2) is 41.5 Å². The van der Waals surface area contributed by atoms with Gasteiger partial charge in [-0.15, -0.1) is 0 Å². The Labute approximate surface area is 149 Å². The Bertz CT molecular complexity index is 736. The molecule has 0 bridgehead atoms. The van der Waals surface area contributed by atoms with Crippen LogP contribution in [0.4, 0.5) is 0 Å². The van der Waals surface area contributed by atoms with Crippen molar-refractivity contribution in [1.29, 1.82) is 0 Å². The first kappa shape index (κ1) is 19.0. The molecule has 1 aromatic carbocycles. The van der Waals surface area contributed by atoms with E-state index in [0.717, 1.165) is 24.0 Å². The number of hydrogen-bond donors (Lipinski definition) is 1. The molecule has 2 aromatic rings. The van der Waals surface area contributed by atoms with Gasteiger partial charge in [0, 0.05) is 29.6 Å². The summed E-state index contributed by atoms with van der Waals surface area (Å²) in [6.07, 6.45) is 0. The molecule has 5 heteroatoms. The van der Waals surface area contributed by atoms with Crippen LogP contribution in [0.15, 0.2) is 24.3 Å². The number of esters is 1. The summed E-state index contributed by atoms with van der Waals surface area (Å²) in [6, 6.07) is 7.22. The van der Waals surface area contributed by atoms with Gasteiger partial charge in [-0.05, 0) is 43.0 Å². The van der Waals surface area contributed by atoms with E-state index in [0.29, 0.717) is 29.7 Å². The van der Waals surface area contributed by atoms with Crippen molar-refractivity contribution in [2.45, 2.75) is 34.6 Å². The number of hydrogen-bond acceptors (Lipinski definition) is 3. The molecule has 1 aromatic heterocycles. The highest BCUT2D eigenvalue weighted by Crippen LogP contribution is 2.20. The van der Waals surface area contributed by atoms with Crippen molar-refractivity contribution < 1.29 is 14.3 Å². The third kappa shape index (κ3) is 4.84. The molecule has 0 fully saturated rings. The third-order valence-corrected chi connectivity index (χ3v) is 3.82. The van der Waals surface area contributed by atoms with E-state index < -0.39 is 0 Å². The molecule has 0 saturated heterocycles. The molecule has 1 heterocycles. The van der Waals surface area contributed by atoms with Crippen molar-refractivity contribution in [3.05, 3.63) is 35.5 Å². The maximum absolute atomic E-state index is 12.9. The van der Waals surface area contributed by atoms with Crippen LogP contribution in [0.2, 0.25) is 0 Å². The highest BCUT2D eigenvalue weighted by Gasteiger charge is 2.19. The Morgan fingerprint density at radius 1 is 1.08 bits per heavy atom. The molecule has 5 nitrogen and oxygen atoms in total. The summed E-state index contributed by atoms with van der Waals surface area (Å²) in [5.41, 5.74) is 1.87. The van der Waals surface area contributed by atoms with E-state index in [2.05, 4.69) is 32.7 Å². The van der Waals surface area contributed by atoms with Gasteiger partial charge < -0.3 is 14.6 Å². The standard InChI is InChI=1S/C20H28N2O3/c1-6-25-20(24)18-10-16-9-15(7-8-17(16)21-18)19(23)22(11-13(2)3)12-14(4)5/h7-10,13-14,21H,6,11-12H2,1-5H3. The molecular formula is C20H28N2O3. The van der Waals surface area contributed by atoms with Crippen molar-refractivity contribution in [3.63, 3.8) is 0 Å². The zero-order chi connectivity index (χ0) is 18.6. The summed E-state index contributed by atoms with van der Waals surface area (Å²) in [7, 11) is 0. The number of carbonyl (C=O) groups excluding carboxylic acids is 2. The number of fused-ring (bicyclic) bond motifs is 1. The fraction of sp³-hybridized carbons (Fsp3) is 0.500. The number of nitrogens with one attached hydrogen (secondary N) is 1. The molecular weight excluding hydrogens is 316 g/mol. The van der Waals surface area contributed by atoms with Gasteiger partial charge >= 0.3 is 5.97 Å². The lowest BCUT2D eigenvalue weighted by molar-refractivity contribution is 0.0520. The first-order chi connectivity index (χ1) is 11.8. The van der Waals surface area contributed by atoms with Crippen LogP contribution in [0.1, 0.15) is 55.5 Å². The SMILES string of the molecule is CCOC(=O)c1cc2cc(C(=O)N(CC(C)C)CC(C)C)ccc2[nH]1. The molecule has 2 rings (SSSR count). The van der Waals surface area contributed by atoms with Crippen molar-refractivity contribution in [3.8, 4) is 0 Å². The summed E-state index contributed by atoms with van der Waals surface area (Å²) in [4.78, 5) is 29.7. The van der Waals surface area contributed by atoms with Gasteiger partial charge in [0.2, 0.25) is 0 Å². The highest BCUT2D eigenvalue weighted by molar-refractivity contribution is 6.00. The van der Waals surface area contributed by atoms with Crippen molar-refractivity contribution in [1.82, 2.24) is 9.88 Å². The zero-order valence-corrected chi connectivity index (χ0v) is 15.8. The fourth-order valence-corrected chi connectivity index (χ4v) is 2.89. The van der Waals surface area contributed by atoms with Gasteiger partial charge in [0.05, 0.1) is 6.61 Å². The maximum atomic E-state index is 12.9. The van der Waals surface area contributed by atoms with Crippen LogP contribution in [0.25, 0.3) is 10.9 Å². The first-order valence-electron chi connectivity index (χ1n) is 8.91. The summed E-state index contributed by atoms with van der Waals surface area (Å²) in [5.74, 6) is 0.471. The molecule has 0 aliphatic rings. The van der Waals surface area contributed by atoms with Crippen LogP contribution in [0.3, 0.4) is 0 Å². The van der Waals surface area contributed by atoms with E-state index >= 15 is 0 Å². The number of benzene rings is 1. The largest absolute Gasteiger partial charge is 0.461 e. The second-order valence-corrected chi connectivity index (χ2v) is 7.20. The third-order valence-electron chi connectivity index (χ3n) is 3.82. The predicted molar refractivity (Wildman–Crippen MR) is 99.8 cm³/mol. The Balaban J connectivity index is 2.29. The van der Waals surface area contributed by atoms with E-state index in [1.54, 1.807) is 13.0 Å². The molecule has 0 unspecified atom stereocenters. The van der Waals surface area contributed by atoms with Crippen molar-refractivity contribution in [2.75, 3.05) is 19.7 Å². The number of ether oxygens (including phenoxy) is 1. The van der Waals surface area contributed by atoms with E-state index in [4.69, 9.17) is 4.74 Å². The zero-order valence-electron chi connectivity index (χ0n) is 15.8. The number of nitrogens with zero attached hydrogens (tertiary/aromatic N) is 1. The Hall–Kier alpha value is -2.30. The lowest BCUT2D eigenvalue weighted by Gasteiger charge is -2.26. The maximum Gasteiger partial charge on any atom is 0.354 e. The molecule has 0 saturated carbocycles. The first-order valence-corrected chi connectivity index (χ1v) is 8.91. The minimum absolute atomic E-state index is 0.0307. The minimum Gasteiger partial charge on any atom is -0.461 e. The van der Waals surface area contributed by atoms with Crippen LogP contribution in [0, 0.1) is 11.8 Å². The number of H-pyrrole nitrogens is 1. The average molecular weight is 344 g/mol. The van der Waals surface area contributed by atoms with E-state index in [1.165, 1.54) is 0 Å².